The first-order valence-corrected chi connectivity index (χ1v) is 15.1. The molecular weight excluding hydrogens is 576 g/mol. The van der Waals surface area contributed by atoms with Gasteiger partial charge in [-0.1, -0.05) is 56.0 Å². The van der Waals surface area contributed by atoms with Crippen molar-refractivity contribution in [1.82, 2.24) is 0 Å². The van der Waals surface area contributed by atoms with Crippen molar-refractivity contribution in [2.24, 2.45) is 39.4 Å². The van der Waals surface area contributed by atoms with Crippen LogP contribution in [0.2, 0.25) is 0 Å². The van der Waals surface area contributed by atoms with E-state index < -0.39 is 86.1 Å². The van der Waals surface area contributed by atoms with Crippen molar-refractivity contribution in [2.75, 3.05) is 14.2 Å². The van der Waals surface area contributed by atoms with Gasteiger partial charge >= 0.3 is 0 Å². The molecule has 6 rings (SSSR count). The Morgan fingerprint density at radius 1 is 1.00 bits per heavy atom. The highest BCUT2D eigenvalue weighted by molar-refractivity contribution is 6.33. The van der Waals surface area contributed by atoms with Crippen LogP contribution in [-0.4, -0.2) is 59.6 Å². The Kier molecular flexibility index (Phi) is 6.42. The Bertz CT molecular complexity index is 1750. The summed E-state index contributed by atoms with van der Waals surface area (Å²) in [5.41, 5.74) is -11.6. The molecule has 6 aliphatic carbocycles. The summed E-state index contributed by atoms with van der Waals surface area (Å²) >= 11 is 0. The first kappa shape index (κ1) is 30.8. The number of allylic oxidation sites excluding steroid dienone is 11. The lowest BCUT2D eigenvalue weighted by atomic mass is 9.41. The maximum atomic E-state index is 15.4. The van der Waals surface area contributed by atoms with Crippen LogP contribution in [0.3, 0.4) is 0 Å². The van der Waals surface area contributed by atoms with Crippen LogP contribution in [0.25, 0.3) is 0 Å². The summed E-state index contributed by atoms with van der Waals surface area (Å²) in [5.74, 6) is -8.81. The summed E-state index contributed by atoms with van der Waals surface area (Å²) in [7, 11) is 2.45. The van der Waals surface area contributed by atoms with Gasteiger partial charge in [0.25, 0.3) is 0 Å². The van der Waals surface area contributed by atoms with Crippen LogP contribution in [-0.2, 0) is 38.2 Å². The maximum Gasteiger partial charge on any atom is 0.206 e. The Morgan fingerprint density at radius 2 is 1.64 bits per heavy atom. The van der Waals surface area contributed by atoms with Gasteiger partial charge in [-0.2, -0.15) is 0 Å². The zero-order chi connectivity index (χ0) is 33.1. The molecule has 0 aliphatic heterocycles. The molecule has 8 atom stereocenters. The second-order valence-corrected chi connectivity index (χ2v) is 13.0. The van der Waals surface area contributed by atoms with Gasteiger partial charge in [0.2, 0.25) is 11.6 Å². The Morgan fingerprint density at radius 3 is 2.24 bits per heavy atom. The molecular formula is C36H36O9. The van der Waals surface area contributed by atoms with Crippen molar-refractivity contribution in [3.8, 4) is 0 Å². The Balaban J connectivity index is 1.95. The first-order chi connectivity index (χ1) is 21.3. The van der Waals surface area contributed by atoms with Crippen LogP contribution in [0, 0.1) is 39.4 Å². The van der Waals surface area contributed by atoms with Crippen LogP contribution in [0.1, 0.15) is 40.5 Å². The summed E-state index contributed by atoms with van der Waals surface area (Å²) < 4.78 is 11.1. The van der Waals surface area contributed by atoms with E-state index >= 15 is 19.2 Å². The largest absolute Gasteiger partial charge is 0.493 e. The number of ketones is 6. The van der Waals surface area contributed by atoms with Gasteiger partial charge in [-0.15, -0.1) is 0 Å². The van der Waals surface area contributed by atoms with Gasteiger partial charge < -0.3 is 14.6 Å². The van der Waals surface area contributed by atoms with Crippen molar-refractivity contribution in [3.05, 3.63) is 83.4 Å². The third-order valence-corrected chi connectivity index (χ3v) is 12.0. The Hall–Kier alpha value is -4.24. The van der Waals surface area contributed by atoms with Crippen molar-refractivity contribution in [3.63, 3.8) is 0 Å². The number of aliphatic hydroxyl groups is 1. The molecule has 0 aromatic carbocycles. The molecule has 1 unspecified atom stereocenters. The van der Waals surface area contributed by atoms with Gasteiger partial charge in [0, 0.05) is 29.1 Å². The highest BCUT2D eigenvalue weighted by atomic mass is 16.5. The molecule has 0 amide bonds. The Labute approximate surface area is 261 Å². The molecule has 0 aromatic rings. The van der Waals surface area contributed by atoms with Gasteiger partial charge in [-0.25, -0.2) is 0 Å². The van der Waals surface area contributed by atoms with E-state index in [1.54, 1.807) is 38.2 Å². The van der Waals surface area contributed by atoms with Crippen molar-refractivity contribution >= 4 is 34.7 Å². The van der Waals surface area contributed by atoms with E-state index in [-0.39, 0.29) is 34.7 Å². The van der Waals surface area contributed by atoms with Crippen molar-refractivity contribution in [1.29, 1.82) is 0 Å². The summed E-state index contributed by atoms with van der Waals surface area (Å²) in [6, 6.07) is 0. The minimum atomic E-state index is -2.38. The molecule has 1 N–H and O–H groups in total. The highest BCUT2D eigenvalue weighted by Gasteiger charge is 3.02. The lowest BCUT2D eigenvalue weighted by Gasteiger charge is -2.55. The van der Waals surface area contributed by atoms with E-state index in [1.165, 1.54) is 52.4 Å². The van der Waals surface area contributed by atoms with Crippen LogP contribution in [0.15, 0.2) is 83.4 Å². The summed E-state index contributed by atoms with van der Waals surface area (Å²) in [6.07, 6.45) is 11.2. The van der Waals surface area contributed by atoms with Crippen molar-refractivity contribution in [2.45, 2.75) is 46.1 Å². The molecule has 2 bridgehead atoms. The van der Waals surface area contributed by atoms with Crippen LogP contribution < -0.4 is 0 Å². The molecule has 0 saturated heterocycles. The average molecular weight is 613 g/mol. The van der Waals surface area contributed by atoms with E-state index in [2.05, 4.69) is 6.58 Å². The molecule has 234 valence electrons. The van der Waals surface area contributed by atoms with E-state index in [0.717, 1.165) is 0 Å². The predicted octanol–water partition coefficient (Wildman–Crippen LogP) is 3.45. The number of fused-ring (bicyclic) bond motifs is 2. The van der Waals surface area contributed by atoms with Gasteiger partial charge in [-0.05, 0) is 39.2 Å². The fourth-order valence-electron chi connectivity index (χ4n) is 11.0. The number of hydrogen-bond donors (Lipinski definition) is 1. The molecule has 0 heterocycles. The molecule has 9 heteroatoms. The van der Waals surface area contributed by atoms with Crippen LogP contribution in [0.4, 0.5) is 0 Å². The second kappa shape index (κ2) is 9.39. The molecule has 9 nitrogen and oxygen atoms in total. The predicted molar refractivity (Wildman–Crippen MR) is 161 cm³/mol. The molecule has 3 saturated carbocycles. The lowest BCUT2D eigenvalue weighted by Crippen LogP contribution is -2.67. The fraction of sp³-hybridized carbons (Fsp3) is 0.444. The minimum absolute atomic E-state index is 0.102. The van der Waals surface area contributed by atoms with E-state index in [9.17, 15) is 14.7 Å². The molecule has 3 spiro atoms. The van der Waals surface area contributed by atoms with Crippen LogP contribution >= 0.6 is 0 Å². The standard InChI is InChI=1S/C36H36O9/c1-8-10-12-14-24(38)36-28-25(39)18(3)26(44-6)30(41)32(28)17-23(37)22-16-21(33(36,43)15-13-11-9-2)20(5)34(36)31(42)27(45-7)19(4)29(40)35(22,32)34/h8-14,16,20-21,28,43H,2,15,17H2,1,3-7H3/b10-8+,13-11+,14-12+/t20-,21?,28-,32+,33+,34+,35+,36-/m0/s1. The third kappa shape index (κ3) is 2.67. The van der Waals surface area contributed by atoms with E-state index in [1.807, 2.05) is 0 Å². The van der Waals surface area contributed by atoms with E-state index in [4.69, 9.17) is 9.47 Å². The third-order valence-electron chi connectivity index (χ3n) is 12.0. The van der Waals surface area contributed by atoms with Gasteiger partial charge in [0.05, 0.1) is 47.4 Å². The number of carbonyl (C=O) groups is 6. The summed E-state index contributed by atoms with van der Waals surface area (Å²) in [5, 5.41) is 13.3. The normalized spacial score (nSPS) is 41.5. The molecule has 0 aromatic heterocycles. The quantitative estimate of drug-likeness (QED) is 0.322. The molecule has 45 heavy (non-hydrogen) atoms. The zero-order valence-corrected chi connectivity index (χ0v) is 26.2. The zero-order valence-electron chi connectivity index (χ0n) is 26.2. The first-order valence-electron chi connectivity index (χ1n) is 15.1. The number of ether oxygens (including phenoxy) is 2. The van der Waals surface area contributed by atoms with Gasteiger partial charge in [-0.3, -0.25) is 28.8 Å². The summed E-state index contributed by atoms with van der Waals surface area (Å²) in [4.78, 5) is 90.1. The molecule has 3 fully saturated rings. The monoisotopic (exact) mass is 612 g/mol. The maximum absolute atomic E-state index is 15.4. The number of hydrogen-bond acceptors (Lipinski definition) is 9. The van der Waals surface area contributed by atoms with Gasteiger partial charge in [0.15, 0.2) is 34.7 Å². The number of Topliss-reactive ketones (excluding diaryl/α,β-unsaturated/α-hetero) is 5. The van der Waals surface area contributed by atoms with Gasteiger partial charge in [0.1, 0.15) is 0 Å². The summed E-state index contributed by atoms with van der Waals surface area (Å²) in [6.45, 7) is 9.88. The lowest BCUT2D eigenvalue weighted by molar-refractivity contribution is -0.177. The fourth-order valence-corrected chi connectivity index (χ4v) is 11.0. The van der Waals surface area contributed by atoms with Crippen LogP contribution in [0.5, 0.6) is 0 Å². The number of carbonyl (C=O) groups excluding carboxylic acids is 6. The second-order valence-electron chi connectivity index (χ2n) is 13.0. The number of methoxy groups -OCH3 is 2. The highest BCUT2D eigenvalue weighted by Crippen LogP contribution is 2.92. The minimum Gasteiger partial charge on any atom is -0.493 e. The SMILES string of the molecule is C=C/C=C/C[C@@]1(O)C2C=C3C(=O)C[C@]45C(=O)C(OC)=C(C)C(=O)[C@@H]4[C@]1(C(=O)/C=C/C=C/C)[C@@]1(C(=O)C(OC)=C(C)C(=O)[C@@]315)[C@H]2C. The van der Waals surface area contributed by atoms with E-state index in [0.29, 0.717) is 0 Å². The number of rotatable bonds is 8. The average Bonchev–Trinajstić information content (AvgIpc) is 3.44. The van der Waals surface area contributed by atoms with Crippen molar-refractivity contribution < 1.29 is 43.3 Å². The topological polar surface area (TPSA) is 141 Å². The smallest absolute Gasteiger partial charge is 0.206 e. The molecule has 0 radical (unpaired) electrons. The molecule has 6 aliphatic rings.